The van der Waals surface area contributed by atoms with Crippen molar-refractivity contribution in [3.8, 4) is 0 Å². The van der Waals surface area contributed by atoms with Gasteiger partial charge in [0.15, 0.2) is 0 Å². The number of imide groups is 1. The molecule has 0 aliphatic heterocycles. The van der Waals surface area contributed by atoms with Gasteiger partial charge in [-0.15, -0.1) is 0 Å². The Morgan fingerprint density at radius 2 is 2.05 bits per heavy atom. The highest BCUT2D eigenvalue weighted by atomic mass is 127. The first-order valence-corrected chi connectivity index (χ1v) is 7.52. The minimum Gasteiger partial charge on any atom is -0.281 e. The monoisotopic (exact) mass is 371 g/mol. The number of rotatable bonds is 7. The first-order valence-electron chi connectivity index (χ1n) is 6.28. The lowest BCUT2D eigenvalue weighted by atomic mass is 10.1. The van der Waals surface area contributed by atoms with Crippen LogP contribution in [-0.4, -0.2) is 23.8 Å². The molecule has 0 aliphatic carbocycles. The van der Waals surface area contributed by atoms with Gasteiger partial charge in [0.2, 0.25) is 6.41 Å². The molecule has 19 heavy (non-hydrogen) atoms. The molecule has 1 rings (SSSR count). The van der Waals surface area contributed by atoms with Gasteiger partial charge in [0.1, 0.15) is 0 Å². The Balaban J connectivity index is 2.57. The van der Waals surface area contributed by atoms with E-state index in [4.69, 9.17) is 0 Å². The zero-order valence-electron chi connectivity index (χ0n) is 11.0. The van der Waals surface area contributed by atoms with E-state index in [0.29, 0.717) is 18.5 Å². The fourth-order valence-electron chi connectivity index (χ4n) is 1.78. The van der Waals surface area contributed by atoms with Crippen LogP contribution in [0.1, 0.15) is 35.2 Å². The smallest absolute Gasteiger partial charge is 0.260 e. The summed E-state index contributed by atoms with van der Waals surface area (Å²) >= 11 is 2.18. The van der Waals surface area contributed by atoms with Crippen molar-refractivity contribution in [2.75, 3.05) is 6.54 Å². The maximum absolute atomic E-state index is 12.2. The number of carbonyl (C=O) groups excluding carboxylic acids is 2. The van der Waals surface area contributed by atoms with Gasteiger partial charge < -0.3 is 0 Å². The topological polar surface area (TPSA) is 37.4 Å². The molecule has 2 amide bonds. The summed E-state index contributed by atoms with van der Waals surface area (Å²) < 4.78 is 1.98. The fourth-order valence-corrected chi connectivity index (χ4v) is 2.14. The van der Waals surface area contributed by atoms with Crippen molar-refractivity contribution in [2.45, 2.75) is 26.2 Å². The first-order chi connectivity index (χ1) is 9.20. The minimum atomic E-state index is -0.211. The molecular formula is C15H18INO2. The zero-order chi connectivity index (χ0) is 14.1. The van der Waals surface area contributed by atoms with E-state index in [1.165, 1.54) is 4.90 Å². The molecule has 0 saturated carbocycles. The van der Waals surface area contributed by atoms with Gasteiger partial charge in [0.25, 0.3) is 5.91 Å². The largest absolute Gasteiger partial charge is 0.281 e. The third kappa shape index (κ3) is 5.14. The molecule has 0 aromatic heterocycles. The molecule has 0 radical (unpaired) electrons. The summed E-state index contributed by atoms with van der Waals surface area (Å²) in [4.78, 5) is 24.5. The van der Waals surface area contributed by atoms with Crippen LogP contribution in [0.2, 0.25) is 0 Å². The summed E-state index contributed by atoms with van der Waals surface area (Å²) in [5, 5.41) is 0. The Labute approximate surface area is 127 Å². The predicted molar refractivity (Wildman–Crippen MR) is 85.3 cm³/mol. The summed E-state index contributed by atoms with van der Waals surface area (Å²) in [5.41, 5.74) is 1.49. The number of allylic oxidation sites excluding steroid dienone is 1. The third-order valence-corrected chi connectivity index (χ3v) is 3.38. The third-order valence-electron chi connectivity index (χ3n) is 2.87. The van der Waals surface area contributed by atoms with Gasteiger partial charge >= 0.3 is 0 Å². The lowest BCUT2D eigenvalue weighted by Gasteiger charge is -2.16. The van der Waals surface area contributed by atoms with Gasteiger partial charge in [-0.1, -0.05) is 46.9 Å². The van der Waals surface area contributed by atoms with Gasteiger partial charge in [0, 0.05) is 12.1 Å². The van der Waals surface area contributed by atoms with Gasteiger partial charge in [0.05, 0.1) is 0 Å². The van der Waals surface area contributed by atoms with E-state index in [-0.39, 0.29) is 5.91 Å². The van der Waals surface area contributed by atoms with Crippen LogP contribution in [-0.2, 0) is 4.79 Å². The molecule has 0 atom stereocenters. The summed E-state index contributed by atoms with van der Waals surface area (Å²) in [7, 11) is 0. The fraction of sp³-hybridized carbons (Fsp3) is 0.333. The first kappa shape index (κ1) is 15.9. The van der Waals surface area contributed by atoms with Crippen LogP contribution >= 0.6 is 22.6 Å². The molecule has 0 N–H and O–H groups in total. The Morgan fingerprint density at radius 3 is 2.68 bits per heavy atom. The standard InChI is InChI=1S/C15H18INO2/c1-13-8-4-5-9-14(13)15(19)17(12-18)11-7-3-2-6-10-16/h4-6,8-10,12H,2-3,7,11H2,1H3/b10-6-. The Morgan fingerprint density at radius 1 is 1.32 bits per heavy atom. The van der Waals surface area contributed by atoms with E-state index in [9.17, 15) is 9.59 Å². The van der Waals surface area contributed by atoms with Crippen LogP contribution in [0.5, 0.6) is 0 Å². The number of benzene rings is 1. The minimum absolute atomic E-state index is 0.211. The Bertz CT molecular complexity index is 457. The molecule has 102 valence electrons. The number of carbonyl (C=O) groups is 2. The van der Waals surface area contributed by atoms with Crippen molar-refractivity contribution in [3.05, 3.63) is 45.6 Å². The van der Waals surface area contributed by atoms with Gasteiger partial charge in [-0.2, -0.15) is 0 Å². The lowest BCUT2D eigenvalue weighted by Crippen LogP contribution is -2.31. The van der Waals surface area contributed by atoms with Gasteiger partial charge in [-0.3, -0.25) is 14.5 Å². The Kier molecular flexibility index (Phi) is 7.40. The number of amides is 2. The predicted octanol–water partition coefficient (Wildman–Crippen LogP) is 3.71. The quantitative estimate of drug-likeness (QED) is 0.416. The van der Waals surface area contributed by atoms with Crippen LogP contribution in [0.3, 0.4) is 0 Å². The van der Waals surface area contributed by atoms with Crippen LogP contribution in [0.15, 0.2) is 34.4 Å². The highest BCUT2D eigenvalue weighted by Crippen LogP contribution is 2.10. The molecule has 0 fully saturated rings. The summed E-state index contributed by atoms with van der Waals surface area (Å²) in [6.45, 7) is 2.35. The maximum atomic E-state index is 12.2. The molecule has 4 heteroatoms. The van der Waals surface area contributed by atoms with Crippen LogP contribution in [0.4, 0.5) is 0 Å². The van der Waals surface area contributed by atoms with E-state index >= 15 is 0 Å². The average molecular weight is 371 g/mol. The molecule has 0 unspecified atom stereocenters. The second kappa shape index (κ2) is 8.85. The Hall–Kier alpha value is -1.17. The molecule has 3 nitrogen and oxygen atoms in total. The molecule has 0 bridgehead atoms. The number of hydrogen-bond acceptors (Lipinski definition) is 2. The number of unbranched alkanes of at least 4 members (excludes halogenated alkanes) is 2. The van der Waals surface area contributed by atoms with E-state index in [1.807, 2.05) is 29.2 Å². The molecule has 0 heterocycles. The van der Waals surface area contributed by atoms with Gasteiger partial charge in [-0.05, 0) is 41.9 Å². The molecule has 1 aromatic rings. The van der Waals surface area contributed by atoms with Gasteiger partial charge in [-0.25, -0.2) is 0 Å². The molecule has 0 aliphatic rings. The van der Waals surface area contributed by atoms with Crippen LogP contribution < -0.4 is 0 Å². The lowest BCUT2D eigenvalue weighted by molar-refractivity contribution is -0.116. The highest BCUT2D eigenvalue weighted by Gasteiger charge is 2.15. The number of aryl methyl sites for hydroxylation is 1. The van der Waals surface area contributed by atoms with Crippen molar-refractivity contribution in [2.24, 2.45) is 0 Å². The molecular weight excluding hydrogens is 353 g/mol. The van der Waals surface area contributed by atoms with E-state index in [2.05, 4.69) is 28.7 Å². The van der Waals surface area contributed by atoms with Crippen molar-refractivity contribution >= 4 is 34.9 Å². The normalized spacial score (nSPS) is 10.6. The van der Waals surface area contributed by atoms with Crippen LogP contribution in [0.25, 0.3) is 0 Å². The number of nitrogens with zero attached hydrogens (tertiary/aromatic N) is 1. The summed E-state index contributed by atoms with van der Waals surface area (Å²) in [6.07, 6.45) is 5.49. The highest BCUT2D eigenvalue weighted by molar-refractivity contribution is 14.1. The van der Waals surface area contributed by atoms with Crippen molar-refractivity contribution in [1.29, 1.82) is 0 Å². The van der Waals surface area contributed by atoms with Crippen molar-refractivity contribution < 1.29 is 9.59 Å². The second-order valence-corrected chi connectivity index (χ2v) is 5.00. The second-order valence-electron chi connectivity index (χ2n) is 4.28. The summed E-state index contributed by atoms with van der Waals surface area (Å²) in [5.74, 6) is -0.211. The molecule has 0 spiro atoms. The SMILES string of the molecule is Cc1ccccc1C(=O)N(C=O)CCCC/C=C\I. The zero-order valence-corrected chi connectivity index (χ0v) is 13.2. The van der Waals surface area contributed by atoms with Crippen molar-refractivity contribution in [1.82, 2.24) is 4.90 Å². The molecule has 0 saturated heterocycles. The van der Waals surface area contributed by atoms with E-state index in [0.717, 1.165) is 24.8 Å². The average Bonchev–Trinajstić information content (AvgIpc) is 2.43. The van der Waals surface area contributed by atoms with E-state index < -0.39 is 0 Å². The molecule has 1 aromatic carbocycles. The number of hydrogen-bond donors (Lipinski definition) is 0. The van der Waals surface area contributed by atoms with Crippen molar-refractivity contribution in [3.63, 3.8) is 0 Å². The van der Waals surface area contributed by atoms with Crippen LogP contribution in [0, 0.1) is 6.92 Å². The maximum Gasteiger partial charge on any atom is 0.260 e. The van der Waals surface area contributed by atoms with E-state index in [1.54, 1.807) is 6.07 Å². The number of halogens is 1. The summed E-state index contributed by atoms with van der Waals surface area (Å²) in [6, 6.07) is 7.33.